The molecule has 2 unspecified atom stereocenters. The molecule has 6 nitrogen and oxygen atoms in total. The molecule has 1 saturated carbocycles. The summed E-state index contributed by atoms with van der Waals surface area (Å²) in [4.78, 5) is 15.0. The van der Waals surface area contributed by atoms with E-state index in [4.69, 9.17) is 16.3 Å². The van der Waals surface area contributed by atoms with E-state index in [1.165, 1.54) is 32.3 Å². The minimum Gasteiger partial charge on any atom is -0.374 e. The first kappa shape index (κ1) is 18.6. The molecule has 2 fully saturated rings. The Morgan fingerprint density at radius 2 is 2.00 bits per heavy atom. The average Bonchev–Trinajstić information content (AvgIpc) is 2.60. The smallest absolute Gasteiger partial charge is 0.255 e. The van der Waals surface area contributed by atoms with Gasteiger partial charge in [0.05, 0.1) is 34.2 Å². The summed E-state index contributed by atoms with van der Waals surface area (Å²) < 4.78 is 31.7. The van der Waals surface area contributed by atoms with Crippen molar-refractivity contribution in [2.24, 2.45) is 0 Å². The van der Waals surface area contributed by atoms with Crippen LogP contribution in [0, 0.1) is 0 Å². The highest BCUT2D eigenvalue weighted by Crippen LogP contribution is 2.31. The molecule has 0 N–H and O–H groups in total. The number of nitrogens with zero attached hydrogens (tertiary/aromatic N) is 2. The van der Waals surface area contributed by atoms with Crippen molar-refractivity contribution in [3.63, 3.8) is 0 Å². The Kier molecular flexibility index (Phi) is 5.39. The SMILES string of the molecule is CN(C)S(=O)(=O)c1ccc(Cl)c(C(=O)N2CCOC3CCCCC32)c1. The first-order valence-electron chi connectivity index (χ1n) is 8.47. The van der Waals surface area contributed by atoms with Crippen LogP contribution in [0.5, 0.6) is 0 Å². The van der Waals surface area contributed by atoms with E-state index >= 15 is 0 Å². The van der Waals surface area contributed by atoms with Crippen LogP contribution in [-0.4, -0.2) is 62.9 Å². The van der Waals surface area contributed by atoms with E-state index in [-0.39, 0.29) is 33.5 Å². The molecule has 1 heterocycles. The van der Waals surface area contributed by atoms with Crippen LogP contribution in [0.3, 0.4) is 0 Å². The first-order valence-corrected chi connectivity index (χ1v) is 10.3. The van der Waals surface area contributed by atoms with Crippen molar-refractivity contribution in [3.05, 3.63) is 28.8 Å². The Labute approximate surface area is 153 Å². The average molecular weight is 387 g/mol. The zero-order chi connectivity index (χ0) is 18.2. The minimum absolute atomic E-state index is 0.0418. The van der Waals surface area contributed by atoms with Crippen molar-refractivity contribution in [1.82, 2.24) is 9.21 Å². The number of rotatable bonds is 3. The number of halogens is 1. The van der Waals surface area contributed by atoms with Gasteiger partial charge in [-0.15, -0.1) is 0 Å². The van der Waals surface area contributed by atoms with Crippen molar-refractivity contribution < 1.29 is 17.9 Å². The van der Waals surface area contributed by atoms with Crippen molar-refractivity contribution in [2.45, 2.75) is 42.7 Å². The van der Waals surface area contributed by atoms with E-state index in [0.717, 1.165) is 30.0 Å². The molecule has 8 heteroatoms. The van der Waals surface area contributed by atoms with Gasteiger partial charge < -0.3 is 9.64 Å². The van der Waals surface area contributed by atoms with Crippen LogP contribution < -0.4 is 0 Å². The Bertz CT molecular complexity index is 764. The Morgan fingerprint density at radius 3 is 2.72 bits per heavy atom. The van der Waals surface area contributed by atoms with Gasteiger partial charge in [-0.05, 0) is 31.0 Å². The molecule has 138 valence electrons. The van der Waals surface area contributed by atoms with Gasteiger partial charge in [0.15, 0.2) is 0 Å². The summed E-state index contributed by atoms with van der Waals surface area (Å²) in [6, 6.07) is 4.33. The number of morpholine rings is 1. The summed E-state index contributed by atoms with van der Waals surface area (Å²) in [6.45, 7) is 1.00. The quantitative estimate of drug-likeness (QED) is 0.799. The Morgan fingerprint density at radius 1 is 1.28 bits per heavy atom. The van der Waals surface area contributed by atoms with Crippen molar-refractivity contribution >= 4 is 27.5 Å². The van der Waals surface area contributed by atoms with E-state index in [9.17, 15) is 13.2 Å². The van der Waals surface area contributed by atoms with Gasteiger partial charge in [0.1, 0.15) is 0 Å². The van der Waals surface area contributed by atoms with Crippen LogP contribution in [0.15, 0.2) is 23.1 Å². The molecule has 2 aliphatic rings. The highest BCUT2D eigenvalue weighted by atomic mass is 35.5. The number of carbonyl (C=O) groups excluding carboxylic acids is 1. The van der Waals surface area contributed by atoms with Crippen LogP contribution in [-0.2, 0) is 14.8 Å². The van der Waals surface area contributed by atoms with E-state index in [0.29, 0.717) is 13.2 Å². The molecule has 3 rings (SSSR count). The lowest BCUT2D eigenvalue weighted by molar-refractivity contribution is -0.0752. The molecule has 0 spiro atoms. The molecule has 1 aliphatic carbocycles. The van der Waals surface area contributed by atoms with Gasteiger partial charge in [0.25, 0.3) is 5.91 Å². The third-order valence-corrected chi connectivity index (χ3v) is 7.08. The molecule has 0 bridgehead atoms. The van der Waals surface area contributed by atoms with Gasteiger partial charge in [0.2, 0.25) is 10.0 Å². The van der Waals surface area contributed by atoms with Gasteiger partial charge in [-0.3, -0.25) is 4.79 Å². The van der Waals surface area contributed by atoms with Gasteiger partial charge >= 0.3 is 0 Å². The maximum atomic E-state index is 13.1. The monoisotopic (exact) mass is 386 g/mol. The number of benzene rings is 1. The van der Waals surface area contributed by atoms with E-state index in [1.54, 1.807) is 4.90 Å². The van der Waals surface area contributed by atoms with E-state index < -0.39 is 10.0 Å². The summed E-state index contributed by atoms with van der Waals surface area (Å²) in [7, 11) is -0.708. The van der Waals surface area contributed by atoms with Crippen LogP contribution in [0.2, 0.25) is 5.02 Å². The van der Waals surface area contributed by atoms with Gasteiger partial charge in [-0.1, -0.05) is 24.4 Å². The summed E-state index contributed by atoms with van der Waals surface area (Å²) >= 11 is 6.23. The largest absolute Gasteiger partial charge is 0.374 e. The zero-order valence-corrected chi connectivity index (χ0v) is 16.0. The number of hydrogen-bond donors (Lipinski definition) is 0. The van der Waals surface area contributed by atoms with Crippen LogP contribution in [0.25, 0.3) is 0 Å². The number of sulfonamides is 1. The van der Waals surface area contributed by atoms with Crippen molar-refractivity contribution in [3.8, 4) is 0 Å². The lowest BCUT2D eigenvalue weighted by Gasteiger charge is -2.43. The second-order valence-electron chi connectivity index (χ2n) is 6.69. The normalized spacial score (nSPS) is 24.2. The molecule has 25 heavy (non-hydrogen) atoms. The van der Waals surface area contributed by atoms with E-state index in [2.05, 4.69) is 0 Å². The highest BCUT2D eigenvalue weighted by molar-refractivity contribution is 7.89. The Hall–Kier alpha value is -1.15. The lowest BCUT2D eigenvalue weighted by Crippen LogP contribution is -2.54. The second kappa shape index (κ2) is 7.23. The zero-order valence-electron chi connectivity index (χ0n) is 14.4. The predicted molar refractivity (Wildman–Crippen MR) is 95.4 cm³/mol. The fraction of sp³-hybridized carbons (Fsp3) is 0.588. The van der Waals surface area contributed by atoms with Gasteiger partial charge in [0, 0.05) is 20.6 Å². The molecular formula is C17H23ClN2O4S. The number of hydrogen-bond acceptors (Lipinski definition) is 4. The second-order valence-corrected chi connectivity index (χ2v) is 9.25. The van der Waals surface area contributed by atoms with Gasteiger partial charge in [-0.25, -0.2) is 12.7 Å². The fourth-order valence-corrected chi connectivity index (χ4v) is 4.67. The lowest BCUT2D eigenvalue weighted by atomic mass is 9.89. The molecule has 0 radical (unpaired) electrons. The molecular weight excluding hydrogens is 364 g/mol. The molecule has 2 atom stereocenters. The summed E-state index contributed by atoms with van der Waals surface area (Å²) in [5.41, 5.74) is 0.232. The summed E-state index contributed by atoms with van der Waals surface area (Å²) in [6.07, 6.45) is 4.11. The standard InChI is InChI=1S/C17H23ClN2O4S/c1-19(2)25(22,23)12-7-8-14(18)13(11-12)17(21)20-9-10-24-16-6-4-3-5-15(16)20/h7-8,11,15-16H,3-6,9-10H2,1-2H3. The maximum Gasteiger partial charge on any atom is 0.255 e. The first-order chi connectivity index (χ1) is 11.8. The molecule has 1 aromatic carbocycles. The Balaban J connectivity index is 1.94. The van der Waals surface area contributed by atoms with Gasteiger partial charge in [-0.2, -0.15) is 0 Å². The molecule has 1 saturated heterocycles. The maximum absolute atomic E-state index is 13.1. The molecule has 0 aromatic heterocycles. The topological polar surface area (TPSA) is 66.9 Å². The predicted octanol–water partition coefficient (Wildman–Crippen LogP) is 2.37. The van der Waals surface area contributed by atoms with Crippen molar-refractivity contribution in [1.29, 1.82) is 0 Å². The summed E-state index contributed by atoms with van der Waals surface area (Å²) in [5, 5.41) is 0.265. The minimum atomic E-state index is -3.62. The number of ether oxygens (including phenoxy) is 1. The van der Waals surface area contributed by atoms with Crippen LogP contribution >= 0.6 is 11.6 Å². The highest BCUT2D eigenvalue weighted by Gasteiger charge is 2.37. The molecule has 1 aromatic rings. The number of carbonyl (C=O) groups is 1. The fourth-order valence-electron chi connectivity index (χ4n) is 3.54. The summed E-state index contributed by atoms with van der Waals surface area (Å²) in [5.74, 6) is -0.221. The molecule has 1 amide bonds. The van der Waals surface area contributed by atoms with E-state index in [1.807, 2.05) is 0 Å². The molecule has 1 aliphatic heterocycles. The number of fused-ring (bicyclic) bond motifs is 1. The third-order valence-electron chi connectivity index (χ3n) is 4.94. The van der Waals surface area contributed by atoms with Crippen LogP contribution in [0.1, 0.15) is 36.0 Å². The van der Waals surface area contributed by atoms with Crippen molar-refractivity contribution in [2.75, 3.05) is 27.2 Å². The third kappa shape index (κ3) is 3.56. The number of amides is 1. The van der Waals surface area contributed by atoms with Crippen LogP contribution in [0.4, 0.5) is 0 Å².